The molecule has 0 aromatic heterocycles. The molecule has 1 aromatic carbocycles. The van der Waals surface area contributed by atoms with Gasteiger partial charge in [0.1, 0.15) is 5.75 Å². The Morgan fingerprint density at radius 3 is 2.00 bits per heavy atom. The maximum Gasteiger partial charge on any atom is 0.311 e. The predicted octanol–water partition coefficient (Wildman–Crippen LogP) is 6.86. The molecule has 6 nitrogen and oxygen atoms in total. The molecule has 212 valence electrons. The Hall–Kier alpha value is -1.92. The molecule has 0 bridgehead atoms. The summed E-state index contributed by atoms with van der Waals surface area (Å²) in [5, 5.41) is 9.38. The predicted molar refractivity (Wildman–Crippen MR) is 151 cm³/mol. The summed E-state index contributed by atoms with van der Waals surface area (Å²) in [5.41, 5.74) is 1.17. The van der Waals surface area contributed by atoms with Gasteiger partial charge in [0.05, 0.1) is 13.2 Å². The number of nitrogens with zero attached hydrogens (tertiary/aromatic N) is 1. The molecule has 0 amide bonds. The number of carbonyl (C=O) groups excluding carboxylic acids is 2. The molecule has 0 aliphatic heterocycles. The van der Waals surface area contributed by atoms with Gasteiger partial charge >= 0.3 is 11.9 Å². The highest BCUT2D eigenvalue weighted by Gasteiger charge is 2.07. The number of esters is 2. The Morgan fingerprint density at radius 1 is 0.757 bits per heavy atom. The van der Waals surface area contributed by atoms with Crippen LogP contribution in [0.4, 0.5) is 0 Å². The van der Waals surface area contributed by atoms with Crippen LogP contribution in [-0.2, 0) is 20.7 Å². The van der Waals surface area contributed by atoms with E-state index in [4.69, 9.17) is 9.47 Å². The number of aryl methyl sites for hydroxylation is 1. The average molecular weight is 520 g/mol. The van der Waals surface area contributed by atoms with Gasteiger partial charge in [-0.25, -0.2) is 0 Å². The summed E-state index contributed by atoms with van der Waals surface area (Å²) >= 11 is 0. The molecule has 6 heteroatoms. The Morgan fingerprint density at radius 2 is 1.38 bits per heavy atom. The monoisotopic (exact) mass is 519 g/mol. The van der Waals surface area contributed by atoms with Crippen LogP contribution in [0.2, 0.25) is 0 Å². The van der Waals surface area contributed by atoms with E-state index in [1.54, 1.807) is 0 Å². The number of benzene rings is 1. The zero-order chi connectivity index (χ0) is 27.0. The topological polar surface area (TPSA) is 76.1 Å². The fourth-order valence-corrected chi connectivity index (χ4v) is 4.37. The first-order valence-electron chi connectivity index (χ1n) is 14.9. The Balaban J connectivity index is 2.00. The molecule has 0 atom stereocenters. The minimum Gasteiger partial charge on any atom is -0.466 e. The third-order valence-corrected chi connectivity index (χ3v) is 6.68. The number of hydrogen-bond acceptors (Lipinski definition) is 6. The Kier molecular flexibility index (Phi) is 20.8. The lowest BCUT2D eigenvalue weighted by Gasteiger charge is -2.21. The normalized spacial score (nSPS) is 11.1. The standard InChI is InChI=1S/C31H53NO5/c1-3-5-16-26-36-30(34)20-12-8-6-10-14-22-32(24-25-33)23-15-11-7-9-13-21-31(35)37-29-19-17-18-28(4-2)27-29/h17-19,27,33H,3-16,20-26H2,1-2H3. The summed E-state index contributed by atoms with van der Waals surface area (Å²) in [6.07, 6.45) is 15.9. The van der Waals surface area contributed by atoms with Crippen molar-refractivity contribution in [2.75, 3.05) is 32.8 Å². The maximum absolute atomic E-state index is 12.1. The van der Waals surface area contributed by atoms with E-state index in [1.807, 2.05) is 24.3 Å². The van der Waals surface area contributed by atoms with E-state index in [1.165, 1.54) is 5.56 Å². The van der Waals surface area contributed by atoms with Crippen LogP contribution in [-0.4, -0.2) is 54.8 Å². The highest BCUT2D eigenvalue weighted by molar-refractivity contribution is 5.72. The Labute approximate surface area is 226 Å². The molecule has 0 radical (unpaired) electrons. The van der Waals surface area contributed by atoms with E-state index in [-0.39, 0.29) is 18.5 Å². The maximum atomic E-state index is 12.1. The quantitative estimate of drug-likeness (QED) is 0.0913. The van der Waals surface area contributed by atoms with E-state index in [2.05, 4.69) is 18.7 Å². The summed E-state index contributed by atoms with van der Waals surface area (Å²) in [6, 6.07) is 7.74. The van der Waals surface area contributed by atoms with Crippen LogP contribution in [0.5, 0.6) is 5.75 Å². The Bertz CT molecular complexity index is 709. The van der Waals surface area contributed by atoms with E-state index in [9.17, 15) is 14.7 Å². The zero-order valence-electron chi connectivity index (χ0n) is 23.7. The minimum atomic E-state index is -0.148. The van der Waals surface area contributed by atoms with Gasteiger partial charge in [0.15, 0.2) is 0 Å². The number of aliphatic hydroxyl groups excluding tert-OH is 1. The van der Waals surface area contributed by atoms with E-state index in [0.29, 0.717) is 25.2 Å². The van der Waals surface area contributed by atoms with Crippen molar-refractivity contribution in [3.63, 3.8) is 0 Å². The van der Waals surface area contributed by atoms with Crippen LogP contribution in [0.15, 0.2) is 24.3 Å². The summed E-state index contributed by atoms with van der Waals surface area (Å²) in [5.74, 6) is 0.443. The van der Waals surface area contributed by atoms with Crippen LogP contribution < -0.4 is 4.74 Å². The largest absolute Gasteiger partial charge is 0.466 e. The summed E-state index contributed by atoms with van der Waals surface area (Å²) < 4.78 is 10.7. The fraction of sp³-hybridized carbons (Fsp3) is 0.742. The van der Waals surface area contributed by atoms with Crippen molar-refractivity contribution in [2.45, 2.75) is 117 Å². The van der Waals surface area contributed by atoms with Gasteiger partial charge in [-0.3, -0.25) is 9.59 Å². The molecule has 0 saturated heterocycles. The summed E-state index contributed by atoms with van der Waals surface area (Å²) in [7, 11) is 0. The number of ether oxygens (including phenoxy) is 2. The highest BCUT2D eigenvalue weighted by Crippen LogP contribution is 2.15. The van der Waals surface area contributed by atoms with Crippen LogP contribution in [0.3, 0.4) is 0 Å². The summed E-state index contributed by atoms with van der Waals surface area (Å²) in [4.78, 5) is 26.1. The molecule has 37 heavy (non-hydrogen) atoms. The molecular weight excluding hydrogens is 466 g/mol. The van der Waals surface area contributed by atoms with Gasteiger partial charge in [0.2, 0.25) is 0 Å². The number of carbonyl (C=O) groups is 2. The lowest BCUT2D eigenvalue weighted by atomic mass is 10.1. The first-order valence-corrected chi connectivity index (χ1v) is 14.9. The van der Waals surface area contributed by atoms with Crippen molar-refractivity contribution in [1.29, 1.82) is 0 Å². The molecule has 0 saturated carbocycles. The highest BCUT2D eigenvalue weighted by atomic mass is 16.5. The number of aliphatic hydroxyl groups is 1. The van der Waals surface area contributed by atoms with Gasteiger partial charge in [0.25, 0.3) is 0 Å². The molecule has 0 heterocycles. The first kappa shape index (κ1) is 33.1. The lowest BCUT2D eigenvalue weighted by molar-refractivity contribution is -0.144. The number of hydrogen-bond donors (Lipinski definition) is 1. The summed E-state index contributed by atoms with van der Waals surface area (Å²) in [6.45, 7) is 7.76. The SMILES string of the molecule is CCCCCOC(=O)CCCCCCCN(CCO)CCCCCCCC(=O)Oc1cccc(CC)c1. The second kappa shape index (κ2) is 23.2. The van der Waals surface area contributed by atoms with Crippen molar-refractivity contribution in [1.82, 2.24) is 4.90 Å². The molecule has 1 aromatic rings. The number of unbranched alkanes of at least 4 members (excludes halogenated alkanes) is 10. The van der Waals surface area contributed by atoms with Gasteiger partial charge in [-0.05, 0) is 69.3 Å². The third kappa shape index (κ3) is 18.9. The molecular formula is C31H53NO5. The lowest BCUT2D eigenvalue weighted by Crippen LogP contribution is -2.29. The average Bonchev–Trinajstić information content (AvgIpc) is 2.90. The van der Waals surface area contributed by atoms with Crippen LogP contribution in [0.25, 0.3) is 0 Å². The van der Waals surface area contributed by atoms with Gasteiger partial charge < -0.3 is 19.5 Å². The molecule has 1 N–H and O–H groups in total. The van der Waals surface area contributed by atoms with Gasteiger partial charge in [-0.1, -0.05) is 77.3 Å². The molecule has 0 unspecified atom stereocenters. The van der Waals surface area contributed by atoms with Crippen molar-refractivity contribution in [3.8, 4) is 5.75 Å². The minimum absolute atomic E-state index is 0.0529. The van der Waals surface area contributed by atoms with E-state index >= 15 is 0 Å². The van der Waals surface area contributed by atoms with Crippen molar-refractivity contribution in [3.05, 3.63) is 29.8 Å². The molecule has 0 aliphatic rings. The van der Waals surface area contributed by atoms with Crippen LogP contribution in [0, 0.1) is 0 Å². The van der Waals surface area contributed by atoms with Gasteiger partial charge in [-0.15, -0.1) is 0 Å². The molecule has 0 aliphatic carbocycles. The van der Waals surface area contributed by atoms with Gasteiger partial charge in [0, 0.05) is 19.4 Å². The molecule has 0 spiro atoms. The molecule has 1 rings (SSSR count). The van der Waals surface area contributed by atoms with Crippen molar-refractivity contribution >= 4 is 11.9 Å². The van der Waals surface area contributed by atoms with Gasteiger partial charge in [-0.2, -0.15) is 0 Å². The molecule has 0 fully saturated rings. The first-order chi connectivity index (χ1) is 18.1. The fourth-order valence-electron chi connectivity index (χ4n) is 4.37. The third-order valence-electron chi connectivity index (χ3n) is 6.68. The number of rotatable bonds is 24. The second-order valence-corrected chi connectivity index (χ2v) is 10.0. The van der Waals surface area contributed by atoms with E-state index in [0.717, 1.165) is 110 Å². The van der Waals surface area contributed by atoms with E-state index < -0.39 is 0 Å². The smallest absolute Gasteiger partial charge is 0.311 e. The van der Waals surface area contributed by atoms with Crippen LogP contribution >= 0.6 is 0 Å². The zero-order valence-corrected chi connectivity index (χ0v) is 23.7. The van der Waals surface area contributed by atoms with Crippen molar-refractivity contribution in [2.24, 2.45) is 0 Å². The second-order valence-electron chi connectivity index (χ2n) is 10.0. The van der Waals surface area contributed by atoms with Crippen molar-refractivity contribution < 1.29 is 24.2 Å². The van der Waals surface area contributed by atoms with Crippen LogP contribution in [0.1, 0.15) is 116 Å².